The van der Waals surface area contributed by atoms with Crippen LogP contribution in [0.25, 0.3) is 0 Å². The molecule has 0 radical (unpaired) electrons. The van der Waals surface area contributed by atoms with Gasteiger partial charge >= 0.3 is 5.97 Å². The molecule has 0 aromatic carbocycles. The summed E-state index contributed by atoms with van der Waals surface area (Å²) in [5, 5.41) is 3.39. The van der Waals surface area contributed by atoms with E-state index in [1.165, 1.54) is 7.11 Å². The third-order valence-electron chi connectivity index (χ3n) is 4.84. The number of rotatable bonds is 5. The van der Waals surface area contributed by atoms with Crippen LogP contribution in [0.2, 0.25) is 0 Å². The minimum absolute atomic E-state index is 0. The number of halogens is 1. The summed E-state index contributed by atoms with van der Waals surface area (Å²) in [6.07, 6.45) is 1.66. The summed E-state index contributed by atoms with van der Waals surface area (Å²) in [6, 6.07) is 0.412. The van der Waals surface area contributed by atoms with E-state index < -0.39 is 0 Å². The maximum absolute atomic E-state index is 11.7. The fourth-order valence-electron chi connectivity index (χ4n) is 3.27. The number of carbonyl (C=O) groups is 1. The highest BCUT2D eigenvalue weighted by Gasteiger charge is 2.27. The quantitative estimate of drug-likeness (QED) is 0.283. The lowest BCUT2D eigenvalue weighted by atomic mass is 9.97. The Hall–Kier alpha value is -0.610. The van der Waals surface area contributed by atoms with E-state index in [-0.39, 0.29) is 35.9 Å². The molecule has 2 aliphatic heterocycles. The molecule has 0 aromatic heterocycles. The van der Waals surface area contributed by atoms with Crippen molar-refractivity contribution in [2.45, 2.75) is 32.7 Å². The number of methoxy groups -OCH3 is 1. The highest BCUT2D eigenvalue weighted by atomic mass is 127. The highest BCUT2D eigenvalue weighted by molar-refractivity contribution is 14.0. The molecule has 0 aromatic rings. The number of esters is 1. The Balaban J connectivity index is 0.00000312. The minimum atomic E-state index is -0.0856. The zero-order valence-corrected chi connectivity index (χ0v) is 18.0. The summed E-state index contributed by atoms with van der Waals surface area (Å²) < 4.78 is 10.3. The topological polar surface area (TPSA) is 66.4 Å². The number of nitrogens with zero attached hydrogens (tertiary/aromatic N) is 3. The second-order valence-electron chi connectivity index (χ2n) is 6.48. The normalized spacial score (nSPS) is 21.4. The van der Waals surface area contributed by atoms with Crippen LogP contribution in [0.15, 0.2) is 4.99 Å². The monoisotopic (exact) mass is 468 g/mol. The van der Waals surface area contributed by atoms with Crippen molar-refractivity contribution in [3.05, 3.63) is 0 Å². The van der Waals surface area contributed by atoms with Crippen molar-refractivity contribution in [2.24, 2.45) is 10.9 Å². The van der Waals surface area contributed by atoms with Gasteiger partial charge in [-0.2, -0.15) is 0 Å². The Morgan fingerprint density at radius 1 is 1.28 bits per heavy atom. The summed E-state index contributed by atoms with van der Waals surface area (Å²) in [4.78, 5) is 21.2. The van der Waals surface area contributed by atoms with Gasteiger partial charge in [-0.15, -0.1) is 24.0 Å². The zero-order valence-electron chi connectivity index (χ0n) is 15.7. The first-order chi connectivity index (χ1) is 11.7. The van der Waals surface area contributed by atoms with Crippen LogP contribution < -0.4 is 5.32 Å². The Kier molecular flexibility index (Phi) is 10.7. The van der Waals surface area contributed by atoms with Gasteiger partial charge in [0.15, 0.2) is 5.96 Å². The molecule has 2 saturated heterocycles. The van der Waals surface area contributed by atoms with Crippen molar-refractivity contribution in [1.82, 2.24) is 15.1 Å². The Morgan fingerprint density at radius 3 is 2.48 bits per heavy atom. The van der Waals surface area contributed by atoms with Gasteiger partial charge in [-0.05, 0) is 26.7 Å². The summed E-state index contributed by atoms with van der Waals surface area (Å²) in [7, 11) is 1.47. The molecule has 0 saturated carbocycles. The van der Waals surface area contributed by atoms with Crippen molar-refractivity contribution in [3.63, 3.8) is 0 Å². The van der Waals surface area contributed by atoms with Crippen LogP contribution in [-0.4, -0.2) is 87.4 Å². The second kappa shape index (κ2) is 11.9. The van der Waals surface area contributed by atoms with Gasteiger partial charge in [-0.1, -0.05) is 0 Å². The summed E-state index contributed by atoms with van der Waals surface area (Å²) in [6.45, 7) is 11.2. The molecule has 25 heavy (non-hydrogen) atoms. The van der Waals surface area contributed by atoms with E-state index in [1.54, 1.807) is 0 Å². The van der Waals surface area contributed by atoms with Gasteiger partial charge in [0.05, 0.1) is 32.8 Å². The molecule has 2 rings (SSSR count). The van der Waals surface area contributed by atoms with Crippen LogP contribution in [0.5, 0.6) is 0 Å². The van der Waals surface area contributed by atoms with Gasteiger partial charge < -0.3 is 19.7 Å². The average molecular weight is 468 g/mol. The standard InChI is InChI=1S/C17H32N4O3.HI/c1-4-18-17(19-13-14(2)20-9-11-24-12-10-20)21-7-5-15(6-8-21)16(22)23-3;/h14-15H,4-13H2,1-3H3,(H,18,19);1H. The van der Waals surface area contributed by atoms with E-state index >= 15 is 0 Å². The number of guanidine groups is 1. The molecule has 0 bridgehead atoms. The molecule has 2 fully saturated rings. The van der Waals surface area contributed by atoms with E-state index in [9.17, 15) is 4.79 Å². The zero-order chi connectivity index (χ0) is 17.4. The van der Waals surface area contributed by atoms with Gasteiger partial charge in [-0.25, -0.2) is 0 Å². The molecule has 0 amide bonds. The molecule has 2 heterocycles. The number of piperidine rings is 1. The second-order valence-corrected chi connectivity index (χ2v) is 6.48. The van der Waals surface area contributed by atoms with Crippen molar-refractivity contribution in [2.75, 3.05) is 59.6 Å². The first kappa shape index (κ1) is 22.4. The SMILES string of the molecule is CCNC(=NCC(C)N1CCOCC1)N1CCC(C(=O)OC)CC1.I. The van der Waals surface area contributed by atoms with Gasteiger partial charge in [0, 0.05) is 38.8 Å². The maximum atomic E-state index is 11.7. The van der Waals surface area contributed by atoms with Gasteiger partial charge in [0.25, 0.3) is 0 Å². The van der Waals surface area contributed by atoms with E-state index in [4.69, 9.17) is 14.5 Å². The molecule has 0 spiro atoms. The number of hydrogen-bond donors (Lipinski definition) is 1. The van der Waals surface area contributed by atoms with Crippen LogP contribution in [0.1, 0.15) is 26.7 Å². The first-order valence-electron chi connectivity index (χ1n) is 9.08. The maximum Gasteiger partial charge on any atom is 0.308 e. The van der Waals surface area contributed by atoms with Crippen LogP contribution in [0.4, 0.5) is 0 Å². The first-order valence-corrected chi connectivity index (χ1v) is 9.08. The largest absolute Gasteiger partial charge is 0.469 e. The summed E-state index contributed by atoms with van der Waals surface area (Å²) in [5.74, 6) is 0.903. The third-order valence-corrected chi connectivity index (χ3v) is 4.84. The van der Waals surface area contributed by atoms with E-state index in [0.29, 0.717) is 6.04 Å². The van der Waals surface area contributed by atoms with Crippen LogP contribution in [0, 0.1) is 5.92 Å². The van der Waals surface area contributed by atoms with Crippen molar-refractivity contribution in [3.8, 4) is 0 Å². The number of ether oxygens (including phenoxy) is 2. The molecule has 8 heteroatoms. The van der Waals surface area contributed by atoms with Crippen molar-refractivity contribution < 1.29 is 14.3 Å². The van der Waals surface area contributed by atoms with E-state index in [2.05, 4.69) is 29.0 Å². The minimum Gasteiger partial charge on any atom is -0.469 e. The Labute approximate surface area is 168 Å². The predicted octanol–water partition coefficient (Wildman–Crippen LogP) is 1.18. The molecular weight excluding hydrogens is 435 g/mol. The number of nitrogens with one attached hydrogen (secondary N) is 1. The number of hydrogen-bond acceptors (Lipinski definition) is 5. The molecule has 1 atom stereocenters. The lowest BCUT2D eigenvalue weighted by Crippen LogP contribution is -2.48. The Morgan fingerprint density at radius 2 is 1.92 bits per heavy atom. The fraction of sp³-hybridized carbons (Fsp3) is 0.882. The molecule has 2 aliphatic rings. The lowest BCUT2D eigenvalue weighted by molar-refractivity contribution is -0.146. The molecule has 1 N–H and O–H groups in total. The average Bonchev–Trinajstić information content (AvgIpc) is 2.65. The smallest absolute Gasteiger partial charge is 0.308 e. The fourth-order valence-corrected chi connectivity index (χ4v) is 3.27. The van der Waals surface area contributed by atoms with Gasteiger partial charge in [0.2, 0.25) is 0 Å². The third kappa shape index (κ3) is 6.90. The van der Waals surface area contributed by atoms with E-state index in [0.717, 1.165) is 71.3 Å². The summed E-state index contributed by atoms with van der Waals surface area (Å²) >= 11 is 0. The van der Waals surface area contributed by atoms with E-state index in [1.807, 2.05) is 0 Å². The molecule has 0 aliphatic carbocycles. The van der Waals surface area contributed by atoms with Gasteiger partial charge in [0.1, 0.15) is 0 Å². The number of morpholine rings is 1. The number of aliphatic imine (C=N–C) groups is 1. The molecule has 7 nitrogen and oxygen atoms in total. The lowest BCUT2D eigenvalue weighted by Gasteiger charge is -2.34. The van der Waals surface area contributed by atoms with Crippen LogP contribution in [0.3, 0.4) is 0 Å². The van der Waals surface area contributed by atoms with Crippen molar-refractivity contribution in [1.29, 1.82) is 0 Å². The number of likely N-dealkylation sites (tertiary alicyclic amines) is 1. The molecular formula is C17H33IN4O3. The Bertz CT molecular complexity index is 422. The predicted molar refractivity (Wildman–Crippen MR) is 110 cm³/mol. The van der Waals surface area contributed by atoms with Crippen LogP contribution in [-0.2, 0) is 14.3 Å². The molecule has 146 valence electrons. The molecule has 1 unspecified atom stereocenters. The highest BCUT2D eigenvalue weighted by Crippen LogP contribution is 2.18. The van der Waals surface area contributed by atoms with Crippen molar-refractivity contribution >= 4 is 35.9 Å². The van der Waals surface area contributed by atoms with Gasteiger partial charge in [-0.3, -0.25) is 14.7 Å². The van der Waals surface area contributed by atoms with Crippen LogP contribution >= 0.6 is 24.0 Å². The summed E-state index contributed by atoms with van der Waals surface area (Å²) in [5.41, 5.74) is 0. The number of carbonyl (C=O) groups excluding carboxylic acids is 1.